The first-order valence-corrected chi connectivity index (χ1v) is 9.14. The minimum absolute atomic E-state index is 0.250. The highest BCUT2D eigenvalue weighted by Gasteiger charge is 2.28. The third-order valence-corrected chi connectivity index (χ3v) is 5.63. The molecule has 140 valence electrons. The summed E-state index contributed by atoms with van der Waals surface area (Å²) < 4.78 is 10.1. The fourth-order valence-electron chi connectivity index (χ4n) is 2.85. The topological polar surface area (TPSA) is 85.5 Å². The van der Waals surface area contributed by atoms with Crippen LogP contribution in [0, 0.1) is 20.8 Å². The summed E-state index contributed by atoms with van der Waals surface area (Å²) in [7, 11) is 1.29. The number of nitrogens with one attached hydrogen (secondary N) is 1. The summed E-state index contributed by atoms with van der Waals surface area (Å²) >= 11 is 1.38. The Hall–Kier alpha value is -2.41. The lowest BCUT2D eigenvalue weighted by Crippen LogP contribution is -2.25. The number of esters is 2. The lowest BCUT2D eigenvalue weighted by Gasteiger charge is -2.11. The molecule has 2 rings (SSSR count). The van der Waals surface area contributed by atoms with E-state index in [9.17, 15) is 14.4 Å². The van der Waals surface area contributed by atoms with Gasteiger partial charge in [0.05, 0.1) is 18.4 Å². The van der Waals surface area contributed by atoms with Crippen LogP contribution in [0.5, 0.6) is 0 Å². The number of aromatic nitrogens is 1. The summed E-state index contributed by atoms with van der Waals surface area (Å²) in [5.74, 6) is -1.42. The van der Waals surface area contributed by atoms with E-state index in [1.54, 1.807) is 19.9 Å². The lowest BCUT2D eigenvalue weighted by atomic mass is 10.1. The minimum Gasteiger partial charge on any atom is -0.465 e. The molecule has 0 spiro atoms. The zero-order valence-corrected chi connectivity index (χ0v) is 16.6. The van der Waals surface area contributed by atoms with Crippen molar-refractivity contribution < 1.29 is 23.9 Å². The molecule has 2 aromatic rings. The molecule has 0 bridgehead atoms. The fraction of sp³-hybridized carbons (Fsp3) is 0.421. The van der Waals surface area contributed by atoms with Crippen molar-refractivity contribution in [2.24, 2.45) is 0 Å². The van der Waals surface area contributed by atoms with E-state index in [0.29, 0.717) is 21.7 Å². The van der Waals surface area contributed by atoms with Crippen molar-refractivity contribution in [3.8, 4) is 0 Å². The molecule has 2 heterocycles. The number of thiophene rings is 1. The van der Waals surface area contributed by atoms with Crippen molar-refractivity contribution in [3.05, 3.63) is 43.9 Å². The standard InChI is InChI=1S/C19H23NO5S/c1-7-13-9(2)8-14(26-13)18(22)25-12(5)17(21)16-10(3)15(11(4)20-16)19(23)24-6/h8,12,20H,7H2,1-6H3/t12-/m0/s1. The van der Waals surface area contributed by atoms with Crippen LogP contribution in [0.1, 0.15) is 66.1 Å². The Balaban J connectivity index is 2.19. The molecular weight excluding hydrogens is 354 g/mol. The van der Waals surface area contributed by atoms with Crippen LogP contribution in [-0.2, 0) is 15.9 Å². The number of aromatic amines is 1. The number of H-pyrrole nitrogens is 1. The van der Waals surface area contributed by atoms with Crippen molar-refractivity contribution in [2.45, 2.75) is 47.1 Å². The number of hydrogen-bond donors (Lipinski definition) is 1. The maximum atomic E-state index is 12.7. The van der Waals surface area contributed by atoms with Crippen molar-refractivity contribution >= 4 is 29.1 Å². The van der Waals surface area contributed by atoms with Gasteiger partial charge in [-0.1, -0.05) is 6.92 Å². The van der Waals surface area contributed by atoms with Crippen molar-refractivity contribution in [2.75, 3.05) is 7.11 Å². The maximum Gasteiger partial charge on any atom is 0.349 e. The zero-order valence-electron chi connectivity index (χ0n) is 15.8. The Morgan fingerprint density at radius 3 is 2.38 bits per heavy atom. The van der Waals surface area contributed by atoms with E-state index in [2.05, 4.69) is 4.98 Å². The van der Waals surface area contributed by atoms with Crippen LogP contribution in [0.25, 0.3) is 0 Å². The number of aryl methyl sites for hydroxylation is 3. The van der Waals surface area contributed by atoms with Crippen molar-refractivity contribution in [1.82, 2.24) is 4.98 Å². The van der Waals surface area contributed by atoms with Gasteiger partial charge < -0.3 is 14.5 Å². The Bertz CT molecular complexity index is 862. The predicted molar refractivity (Wildman–Crippen MR) is 99.2 cm³/mol. The molecule has 0 saturated carbocycles. The fourth-order valence-corrected chi connectivity index (χ4v) is 3.85. The van der Waals surface area contributed by atoms with Gasteiger partial charge in [-0.15, -0.1) is 11.3 Å². The first kappa shape index (κ1) is 19.9. The van der Waals surface area contributed by atoms with Gasteiger partial charge in [-0.05, 0) is 51.3 Å². The van der Waals surface area contributed by atoms with E-state index in [4.69, 9.17) is 9.47 Å². The summed E-state index contributed by atoms with van der Waals surface area (Å²) in [5, 5.41) is 0. The van der Waals surface area contributed by atoms with Crippen LogP contribution in [0.2, 0.25) is 0 Å². The quantitative estimate of drug-likeness (QED) is 0.612. The monoisotopic (exact) mass is 377 g/mol. The molecule has 2 aromatic heterocycles. The molecule has 0 saturated heterocycles. The maximum absolute atomic E-state index is 12.7. The van der Waals surface area contributed by atoms with E-state index < -0.39 is 23.8 Å². The first-order chi connectivity index (χ1) is 12.2. The number of ether oxygens (including phenoxy) is 2. The number of carbonyl (C=O) groups excluding carboxylic acids is 3. The molecule has 0 aliphatic heterocycles. The van der Waals surface area contributed by atoms with Crippen LogP contribution < -0.4 is 0 Å². The van der Waals surface area contributed by atoms with Crippen molar-refractivity contribution in [3.63, 3.8) is 0 Å². The molecule has 1 N–H and O–H groups in total. The molecular formula is C19H23NO5S. The Morgan fingerprint density at radius 1 is 1.19 bits per heavy atom. The van der Waals surface area contributed by atoms with Gasteiger partial charge in [-0.3, -0.25) is 4.79 Å². The first-order valence-electron chi connectivity index (χ1n) is 8.33. The van der Waals surface area contributed by atoms with E-state index >= 15 is 0 Å². The molecule has 0 unspecified atom stereocenters. The molecule has 0 radical (unpaired) electrons. The minimum atomic E-state index is -0.975. The number of Topliss-reactive ketones (excluding diaryl/α,β-unsaturated/α-hetero) is 1. The van der Waals surface area contributed by atoms with Gasteiger partial charge in [0.1, 0.15) is 4.88 Å². The van der Waals surface area contributed by atoms with Gasteiger partial charge in [0.25, 0.3) is 0 Å². The molecule has 0 fully saturated rings. The average Bonchev–Trinajstić information content (AvgIpc) is 3.12. The smallest absolute Gasteiger partial charge is 0.349 e. The summed E-state index contributed by atoms with van der Waals surface area (Å²) in [4.78, 5) is 41.4. The van der Waals surface area contributed by atoms with E-state index in [1.807, 2.05) is 13.8 Å². The second kappa shape index (κ2) is 7.86. The zero-order chi connectivity index (χ0) is 19.6. The largest absolute Gasteiger partial charge is 0.465 e. The van der Waals surface area contributed by atoms with Crippen LogP contribution in [0.15, 0.2) is 6.07 Å². The number of carbonyl (C=O) groups is 3. The Morgan fingerprint density at radius 2 is 1.85 bits per heavy atom. The highest BCUT2D eigenvalue weighted by Crippen LogP contribution is 2.25. The average molecular weight is 377 g/mol. The van der Waals surface area contributed by atoms with Gasteiger partial charge in [-0.2, -0.15) is 0 Å². The third kappa shape index (κ3) is 3.72. The summed E-state index contributed by atoms with van der Waals surface area (Å²) in [6.45, 7) is 8.84. The van der Waals surface area contributed by atoms with Gasteiger partial charge in [-0.25, -0.2) is 9.59 Å². The van der Waals surface area contributed by atoms with Gasteiger partial charge in [0, 0.05) is 10.6 Å². The molecule has 26 heavy (non-hydrogen) atoms. The SMILES string of the molecule is CCc1sc(C(=O)O[C@@H](C)C(=O)c2[nH]c(C)c(C(=O)OC)c2C)cc1C. The van der Waals surface area contributed by atoms with Crippen molar-refractivity contribution in [1.29, 1.82) is 0 Å². The second-order valence-electron chi connectivity index (χ2n) is 6.10. The molecule has 7 heteroatoms. The van der Waals surface area contributed by atoms with Crippen LogP contribution >= 0.6 is 11.3 Å². The lowest BCUT2D eigenvalue weighted by molar-refractivity contribution is 0.0321. The van der Waals surface area contributed by atoms with E-state index in [0.717, 1.165) is 16.9 Å². The summed E-state index contributed by atoms with van der Waals surface area (Å²) in [6.07, 6.45) is -0.132. The normalized spacial score (nSPS) is 11.9. The van der Waals surface area contributed by atoms with Gasteiger partial charge >= 0.3 is 11.9 Å². The summed E-state index contributed by atoms with van der Waals surface area (Å²) in [6, 6.07) is 1.78. The van der Waals surface area contributed by atoms with Gasteiger partial charge in [0.2, 0.25) is 5.78 Å². The molecule has 0 aliphatic rings. The highest BCUT2D eigenvalue weighted by molar-refractivity contribution is 7.14. The molecule has 0 aliphatic carbocycles. The van der Waals surface area contributed by atoms with Crippen LogP contribution in [0.3, 0.4) is 0 Å². The van der Waals surface area contributed by atoms with E-state index in [-0.39, 0.29) is 5.69 Å². The highest BCUT2D eigenvalue weighted by atomic mass is 32.1. The van der Waals surface area contributed by atoms with Crippen LogP contribution in [-0.4, -0.2) is 35.9 Å². The molecule has 1 atom stereocenters. The number of rotatable bonds is 6. The third-order valence-electron chi connectivity index (χ3n) is 4.27. The number of ketones is 1. The van der Waals surface area contributed by atoms with Crippen LogP contribution in [0.4, 0.5) is 0 Å². The number of methoxy groups -OCH3 is 1. The predicted octanol–water partition coefficient (Wildman–Crippen LogP) is 3.78. The Kier molecular flexibility index (Phi) is 6.02. The van der Waals surface area contributed by atoms with Gasteiger partial charge in [0.15, 0.2) is 6.10 Å². The molecule has 6 nitrogen and oxygen atoms in total. The summed E-state index contributed by atoms with van der Waals surface area (Å²) in [5.41, 5.74) is 2.65. The number of hydrogen-bond acceptors (Lipinski definition) is 6. The molecule has 0 aromatic carbocycles. The molecule has 0 amide bonds. The van der Waals surface area contributed by atoms with E-state index in [1.165, 1.54) is 25.4 Å². The second-order valence-corrected chi connectivity index (χ2v) is 7.24. The Labute approximate surface area is 156 Å².